The number of rotatable bonds is 3. The van der Waals surface area contributed by atoms with Crippen molar-refractivity contribution in [1.29, 1.82) is 5.41 Å². The van der Waals surface area contributed by atoms with Gasteiger partial charge in [0.25, 0.3) is 0 Å². The Labute approximate surface area is 98.4 Å². The molecule has 0 aliphatic heterocycles. The number of ether oxygens (including phenoxy) is 1. The van der Waals surface area contributed by atoms with Crippen molar-refractivity contribution >= 4 is 11.6 Å². The van der Waals surface area contributed by atoms with Gasteiger partial charge in [-0.15, -0.1) is 0 Å². The summed E-state index contributed by atoms with van der Waals surface area (Å²) < 4.78 is 7.20. The number of benzene rings is 1. The van der Waals surface area contributed by atoms with E-state index < -0.39 is 0 Å². The molecule has 0 aliphatic rings. The fourth-order valence-electron chi connectivity index (χ4n) is 1.29. The molecule has 2 rings (SSSR count). The molecule has 0 amide bonds. The summed E-state index contributed by atoms with van der Waals surface area (Å²) in [7, 11) is 0. The van der Waals surface area contributed by atoms with Crippen molar-refractivity contribution in [2.24, 2.45) is 0 Å². The molecule has 4 heteroatoms. The van der Waals surface area contributed by atoms with Crippen LogP contribution in [-0.4, -0.2) is 4.57 Å². The molecule has 16 heavy (non-hydrogen) atoms. The number of para-hydroxylation sites is 1. The van der Waals surface area contributed by atoms with Crippen molar-refractivity contribution in [3.8, 4) is 5.75 Å². The molecule has 1 aromatic heterocycles. The summed E-state index contributed by atoms with van der Waals surface area (Å²) in [5.74, 6) is 0.625. The van der Waals surface area contributed by atoms with E-state index in [1.165, 1.54) is 0 Å². The SMILES string of the molecule is N=c1ccccn1COc1ccccc1Cl. The predicted octanol–water partition coefficient (Wildman–Crippen LogP) is 2.66. The first-order valence-corrected chi connectivity index (χ1v) is 5.22. The van der Waals surface area contributed by atoms with Gasteiger partial charge in [0.05, 0.1) is 5.02 Å². The highest BCUT2D eigenvalue weighted by Gasteiger charge is 1.99. The zero-order chi connectivity index (χ0) is 11.4. The second-order valence-corrected chi connectivity index (χ2v) is 3.67. The third-order valence-electron chi connectivity index (χ3n) is 2.14. The number of halogens is 1. The molecular weight excluding hydrogens is 224 g/mol. The van der Waals surface area contributed by atoms with Crippen LogP contribution in [-0.2, 0) is 6.73 Å². The van der Waals surface area contributed by atoms with Crippen LogP contribution in [0.2, 0.25) is 5.02 Å². The lowest BCUT2D eigenvalue weighted by Crippen LogP contribution is -2.20. The molecule has 0 fully saturated rings. The van der Waals surface area contributed by atoms with Gasteiger partial charge in [0.15, 0.2) is 6.73 Å². The van der Waals surface area contributed by atoms with Crippen molar-refractivity contribution < 1.29 is 4.74 Å². The van der Waals surface area contributed by atoms with E-state index in [9.17, 15) is 0 Å². The van der Waals surface area contributed by atoms with Gasteiger partial charge in [0.1, 0.15) is 11.2 Å². The third-order valence-corrected chi connectivity index (χ3v) is 2.45. The highest BCUT2D eigenvalue weighted by Crippen LogP contribution is 2.23. The first kappa shape index (κ1) is 10.8. The predicted molar refractivity (Wildman–Crippen MR) is 62.4 cm³/mol. The molecule has 1 heterocycles. The average molecular weight is 235 g/mol. The molecule has 82 valence electrons. The van der Waals surface area contributed by atoms with Gasteiger partial charge in [-0.2, -0.15) is 0 Å². The Morgan fingerprint density at radius 1 is 1.12 bits per heavy atom. The molecule has 0 atom stereocenters. The third kappa shape index (κ3) is 2.44. The van der Waals surface area contributed by atoms with E-state index in [1.54, 1.807) is 29.0 Å². The van der Waals surface area contributed by atoms with Crippen LogP contribution in [0.5, 0.6) is 5.75 Å². The van der Waals surface area contributed by atoms with E-state index in [-0.39, 0.29) is 6.73 Å². The van der Waals surface area contributed by atoms with Gasteiger partial charge >= 0.3 is 0 Å². The molecule has 0 bridgehead atoms. The standard InChI is InChI=1S/C12H11ClN2O/c13-10-5-1-2-6-11(10)16-9-15-8-4-3-7-12(15)14/h1-8,14H,9H2. The maximum absolute atomic E-state index is 7.64. The van der Waals surface area contributed by atoms with Crippen LogP contribution in [0, 0.1) is 5.41 Å². The fourth-order valence-corrected chi connectivity index (χ4v) is 1.48. The van der Waals surface area contributed by atoms with Crippen molar-refractivity contribution in [3.05, 3.63) is 59.2 Å². The Bertz CT molecular complexity index is 536. The molecule has 0 spiro atoms. The summed E-state index contributed by atoms with van der Waals surface area (Å²) in [4.78, 5) is 0. The summed E-state index contributed by atoms with van der Waals surface area (Å²) >= 11 is 5.95. The Morgan fingerprint density at radius 2 is 1.88 bits per heavy atom. The van der Waals surface area contributed by atoms with Crippen LogP contribution in [0.4, 0.5) is 0 Å². The maximum atomic E-state index is 7.64. The monoisotopic (exact) mass is 234 g/mol. The minimum Gasteiger partial charge on any atom is -0.471 e. The molecule has 0 saturated heterocycles. The molecule has 0 radical (unpaired) electrons. The van der Waals surface area contributed by atoms with Gasteiger partial charge in [0, 0.05) is 6.20 Å². The lowest BCUT2D eigenvalue weighted by Gasteiger charge is -2.10. The summed E-state index contributed by atoms with van der Waals surface area (Å²) in [6.45, 7) is 0.281. The van der Waals surface area contributed by atoms with Crippen LogP contribution < -0.4 is 10.2 Å². The minimum atomic E-state index is 0.281. The minimum absolute atomic E-state index is 0.281. The van der Waals surface area contributed by atoms with E-state index in [2.05, 4.69) is 0 Å². The van der Waals surface area contributed by atoms with E-state index in [0.29, 0.717) is 16.3 Å². The van der Waals surface area contributed by atoms with Crippen molar-refractivity contribution in [2.75, 3.05) is 0 Å². The number of pyridine rings is 1. The van der Waals surface area contributed by atoms with Crippen molar-refractivity contribution in [2.45, 2.75) is 6.73 Å². The molecule has 2 aromatic rings. The average Bonchev–Trinajstić information content (AvgIpc) is 2.30. The van der Waals surface area contributed by atoms with E-state index in [0.717, 1.165) is 0 Å². The topological polar surface area (TPSA) is 38.0 Å². The largest absolute Gasteiger partial charge is 0.471 e. The number of aromatic nitrogens is 1. The molecule has 1 aromatic carbocycles. The molecule has 0 aliphatic carbocycles. The first-order valence-electron chi connectivity index (χ1n) is 4.85. The van der Waals surface area contributed by atoms with Gasteiger partial charge in [0.2, 0.25) is 0 Å². The summed E-state index contributed by atoms with van der Waals surface area (Å²) in [5.41, 5.74) is 0.398. The zero-order valence-electron chi connectivity index (χ0n) is 8.56. The first-order chi connectivity index (χ1) is 7.77. The number of nitrogens with one attached hydrogen (secondary N) is 1. The zero-order valence-corrected chi connectivity index (χ0v) is 9.32. The van der Waals surface area contributed by atoms with Gasteiger partial charge in [-0.3, -0.25) is 9.98 Å². The lowest BCUT2D eigenvalue weighted by molar-refractivity contribution is 0.230. The molecule has 1 N–H and O–H groups in total. The smallest absolute Gasteiger partial charge is 0.166 e. The maximum Gasteiger partial charge on any atom is 0.166 e. The quantitative estimate of drug-likeness (QED) is 0.871. The molecular formula is C12H11ClN2O. The van der Waals surface area contributed by atoms with Crippen molar-refractivity contribution in [1.82, 2.24) is 4.57 Å². The van der Waals surface area contributed by atoms with Gasteiger partial charge < -0.3 is 4.74 Å². The van der Waals surface area contributed by atoms with E-state index in [1.807, 2.05) is 24.3 Å². The Balaban J connectivity index is 2.12. The van der Waals surface area contributed by atoms with Crippen LogP contribution in [0.1, 0.15) is 0 Å². The Morgan fingerprint density at radius 3 is 2.62 bits per heavy atom. The highest BCUT2D eigenvalue weighted by molar-refractivity contribution is 6.32. The molecule has 0 saturated carbocycles. The van der Waals surface area contributed by atoms with Crippen LogP contribution >= 0.6 is 11.6 Å². The van der Waals surface area contributed by atoms with Gasteiger partial charge in [-0.1, -0.05) is 29.8 Å². The van der Waals surface area contributed by atoms with Crippen LogP contribution in [0.15, 0.2) is 48.7 Å². The second-order valence-electron chi connectivity index (χ2n) is 3.26. The Kier molecular flexibility index (Phi) is 3.27. The highest BCUT2D eigenvalue weighted by atomic mass is 35.5. The fraction of sp³-hybridized carbons (Fsp3) is 0.0833. The summed E-state index contributed by atoms with van der Waals surface area (Å²) in [6, 6.07) is 12.7. The van der Waals surface area contributed by atoms with Gasteiger partial charge in [-0.25, -0.2) is 0 Å². The summed E-state index contributed by atoms with van der Waals surface area (Å²) in [5, 5.41) is 8.21. The normalized spacial score (nSPS) is 10.1. The van der Waals surface area contributed by atoms with E-state index >= 15 is 0 Å². The molecule has 0 unspecified atom stereocenters. The molecule has 3 nitrogen and oxygen atoms in total. The van der Waals surface area contributed by atoms with E-state index in [4.69, 9.17) is 21.7 Å². The van der Waals surface area contributed by atoms with Gasteiger partial charge in [-0.05, 0) is 24.3 Å². The van der Waals surface area contributed by atoms with Crippen molar-refractivity contribution in [3.63, 3.8) is 0 Å². The summed E-state index contributed by atoms with van der Waals surface area (Å²) in [6.07, 6.45) is 1.79. The Hall–Kier alpha value is -1.74. The number of hydrogen-bond donors (Lipinski definition) is 1. The van der Waals surface area contributed by atoms with Crippen LogP contribution in [0.3, 0.4) is 0 Å². The number of nitrogens with zero attached hydrogens (tertiary/aromatic N) is 1. The number of hydrogen-bond acceptors (Lipinski definition) is 2. The lowest BCUT2D eigenvalue weighted by atomic mass is 10.3. The second kappa shape index (κ2) is 4.86. The van der Waals surface area contributed by atoms with Crippen LogP contribution in [0.25, 0.3) is 0 Å².